The molecule has 1 spiro atoms. The summed E-state index contributed by atoms with van der Waals surface area (Å²) in [5.41, 5.74) is 1.55. The molecule has 2 unspecified atom stereocenters. The molecule has 1 aromatic heterocycles. The van der Waals surface area contributed by atoms with Gasteiger partial charge in [0.2, 0.25) is 0 Å². The van der Waals surface area contributed by atoms with E-state index >= 15 is 0 Å². The summed E-state index contributed by atoms with van der Waals surface area (Å²) in [5, 5.41) is 7.99. The highest BCUT2D eigenvalue weighted by atomic mass is 16.5. The molecule has 4 nitrogen and oxygen atoms in total. The van der Waals surface area contributed by atoms with Crippen molar-refractivity contribution in [2.24, 2.45) is 13.0 Å². The summed E-state index contributed by atoms with van der Waals surface area (Å²) >= 11 is 0. The van der Waals surface area contributed by atoms with Gasteiger partial charge in [0.1, 0.15) is 0 Å². The molecule has 0 radical (unpaired) electrons. The number of aromatic nitrogens is 2. The summed E-state index contributed by atoms with van der Waals surface area (Å²) in [6.07, 6.45) is 10.4. The van der Waals surface area contributed by atoms with Crippen molar-refractivity contribution < 1.29 is 4.74 Å². The predicted octanol–water partition coefficient (Wildman–Crippen LogP) is 2.42. The summed E-state index contributed by atoms with van der Waals surface area (Å²) in [6, 6.07) is 0.431. The monoisotopic (exact) mass is 263 g/mol. The van der Waals surface area contributed by atoms with Crippen LogP contribution in [0.25, 0.3) is 0 Å². The topological polar surface area (TPSA) is 39.1 Å². The van der Waals surface area contributed by atoms with Gasteiger partial charge in [0, 0.05) is 31.5 Å². The number of nitrogens with zero attached hydrogens (tertiary/aromatic N) is 2. The molecular weight excluding hydrogens is 238 g/mol. The van der Waals surface area contributed by atoms with Gasteiger partial charge in [-0.1, -0.05) is 6.92 Å². The lowest BCUT2D eigenvalue weighted by atomic mass is 9.70. The normalized spacial score (nSPS) is 27.2. The first-order chi connectivity index (χ1) is 9.22. The fourth-order valence-corrected chi connectivity index (χ4v) is 3.65. The van der Waals surface area contributed by atoms with E-state index in [0.717, 1.165) is 19.6 Å². The van der Waals surface area contributed by atoms with Crippen LogP contribution in [0.1, 0.15) is 50.6 Å². The van der Waals surface area contributed by atoms with Gasteiger partial charge in [-0.3, -0.25) is 4.68 Å². The van der Waals surface area contributed by atoms with Crippen LogP contribution in [0.3, 0.4) is 0 Å². The third-order valence-corrected chi connectivity index (χ3v) is 4.78. The van der Waals surface area contributed by atoms with Crippen molar-refractivity contribution in [2.75, 3.05) is 13.2 Å². The highest BCUT2D eigenvalue weighted by Crippen LogP contribution is 2.47. The lowest BCUT2D eigenvalue weighted by Crippen LogP contribution is -2.48. The largest absolute Gasteiger partial charge is 0.375 e. The van der Waals surface area contributed by atoms with Crippen LogP contribution in [0.15, 0.2) is 12.4 Å². The first-order valence-corrected chi connectivity index (χ1v) is 7.58. The van der Waals surface area contributed by atoms with Crippen LogP contribution in [0, 0.1) is 5.92 Å². The quantitative estimate of drug-likeness (QED) is 0.906. The van der Waals surface area contributed by atoms with E-state index in [2.05, 4.69) is 23.5 Å². The molecule has 0 bridgehead atoms. The first-order valence-electron chi connectivity index (χ1n) is 7.58. The molecule has 1 N–H and O–H groups in total. The van der Waals surface area contributed by atoms with Crippen molar-refractivity contribution >= 4 is 0 Å². The predicted molar refractivity (Wildman–Crippen MR) is 74.9 cm³/mol. The summed E-state index contributed by atoms with van der Waals surface area (Å²) in [7, 11) is 1.99. The van der Waals surface area contributed by atoms with Gasteiger partial charge < -0.3 is 10.1 Å². The van der Waals surface area contributed by atoms with Gasteiger partial charge in [-0.25, -0.2) is 0 Å². The van der Waals surface area contributed by atoms with E-state index in [1.54, 1.807) is 0 Å². The molecule has 19 heavy (non-hydrogen) atoms. The van der Waals surface area contributed by atoms with Crippen LogP contribution < -0.4 is 5.32 Å². The number of hydrogen-bond acceptors (Lipinski definition) is 3. The van der Waals surface area contributed by atoms with Gasteiger partial charge in [0.15, 0.2) is 0 Å². The van der Waals surface area contributed by atoms with Gasteiger partial charge >= 0.3 is 0 Å². The van der Waals surface area contributed by atoms with Gasteiger partial charge in [-0.05, 0) is 44.6 Å². The van der Waals surface area contributed by atoms with E-state index in [9.17, 15) is 0 Å². The zero-order valence-corrected chi connectivity index (χ0v) is 12.1. The van der Waals surface area contributed by atoms with Crippen molar-refractivity contribution in [3.63, 3.8) is 0 Å². The number of rotatable bonds is 4. The van der Waals surface area contributed by atoms with Crippen LogP contribution in [0.2, 0.25) is 0 Å². The third kappa shape index (κ3) is 2.56. The maximum atomic E-state index is 6.05. The molecule has 3 rings (SSSR count). The maximum Gasteiger partial charge on any atom is 0.0686 e. The maximum absolute atomic E-state index is 6.05. The van der Waals surface area contributed by atoms with Gasteiger partial charge in [-0.15, -0.1) is 0 Å². The second-order valence-electron chi connectivity index (χ2n) is 6.12. The molecule has 2 fully saturated rings. The summed E-state index contributed by atoms with van der Waals surface area (Å²) in [6.45, 7) is 4.11. The SMILES string of the molecule is CCNC(c1cnn(C)c1)C1CCOC2(CCC2)C1. The van der Waals surface area contributed by atoms with Crippen molar-refractivity contribution in [2.45, 2.75) is 50.7 Å². The van der Waals surface area contributed by atoms with E-state index in [-0.39, 0.29) is 5.60 Å². The molecule has 0 amide bonds. The van der Waals surface area contributed by atoms with Crippen LogP contribution in [-0.2, 0) is 11.8 Å². The van der Waals surface area contributed by atoms with E-state index in [0.29, 0.717) is 12.0 Å². The molecule has 1 saturated carbocycles. The van der Waals surface area contributed by atoms with Crippen molar-refractivity contribution in [3.8, 4) is 0 Å². The highest BCUT2D eigenvalue weighted by molar-refractivity contribution is 5.13. The molecule has 4 heteroatoms. The fourth-order valence-electron chi connectivity index (χ4n) is 3.65. The minimum atomic E-state index is 0.221. The Bertz CT molecular complexity index is 425. The molecule has 0 aromatic carbocycles. The smallest absolute Gasteiger partial charge is 0.0686 e. The second-order valence-corrected chi connectivity index (χ2v) is 6.12. The van der Waals surface area contributed by atoms with Crippen molar-refractivity contribution in [3.05, 3.63) is 18.0 Å². The molecule has 2 aliphatic rings. The molecular formula is C15H25N3O. The molecule has 1 aliphatic heterocycles. The number of hydrogen-bond donors (Lipinski definition) is 1. The Morgan fingerprint density at radius 1 is 1.58 bits per heavy atom. The Hall–Kier alpha value is -0.870. The average Bonchev–Trinajstić information content (AvgIpc) is 2.80. The zero-order valence-electron chi connectivity index (χ0n) is 12.1. The van der Waals surface area contributed by atoms with Crippen LogP contribution in [0.5, 0.6) is 0 Å². The van der Waals surface area contributed by atoms with Gasteiger partial charge in [0.25, 0.3) is 0 Å². The number of ether oxygens (including phenoxy) is 1. The Balaban J connectivity index is 1.75. The minimum Gasteiger partial charge on any atom is -0.375 e. The summed E-state index contributed by atoms with van der Waals surface area (Å²) in [4.78, 5) is 0. The molecule has 2 heterocycles. The van der Waals surface area contributed by atoms with Crippen molar-refractivity contribution in [1.82, 2.24) is 15.1 Å². The van der Waals surface area contributed by atoms with Crippen molar-refractivity contribution in [1.29, 1.82) is 0 Å². The number of nitrogens with one attached hydrogen (secondary N) is 1. The van der Waals surface area contributed by atoms with Crippen LogP contribution in [0.4, 0.5) is 0 Å². The molecule has 1 aromatic rings. The number of aryl methyl sites for hydroxylation is 1. The Labute approximate surface area is 115 Å². The fraction of sp³-hybridized carbons (Fsp3) is 0.800. The van der Waals surface area contributed by atoms with E-state index in [4.69, 9.17) is 4.74 Å². The van der Waals surface area contributed by atoms with Gasteiger partial charge in [-0.2, -0.15) is 5.10 Å². The summed E-state index contributed by atoms with van der Waals surface area (Å²) < 4.78 is 7.95. The molecule has 1 aliphatic carbocycles. The molecule has 1 saturated heterocycles. The third-order valence-electron chi connectivity index (χ3n) is 4.78. The lowest BCUT2D eigenvalue weighted by Gasteiger charge is -2.48. The molecule has 106 valence electrons. The minimum absolute atomic E-state index is 0.221. The highest BCUT2D eigenvalue weighted by Gasteiger charge is 2.44. The first kappa shape index (κ1) is 13.1. The molecule has 2 atom stereocenters. The second kappa shape index (κ2) is 5.25. The van der Waals surface area contributed by atoms with Crippen LogP contribution in [-0.4, -0.2) is 28.5 Å². The van der Waals surface area contributed by atoms with E-state index in [1.165, 1.54) is 31.2 Å². The average molecular weight is 263 g/mol. The Morgan fingerprint density at radius 2 is 2.42 bits per heavy atom. The standard InChI is InChI=1S/C15H25N3O/c1-3-16-14(13-10-17-18(2)11-13)12-5-8-19-15(9-12)6-4-7-15/h10-12,14,16H,3-9H2,1-2H3. The Morgan fingerprint density at radius 3 is 3.00 bits per heavy atom. The Kier molecular flexibility index (Phi) is 3.63. The summed E-state index contributed by atoms with van der Waals surface area (Å²) in [5.74, 6) is 0.679. The lowest BCUT2D eigenvalue weighted by molar-refractivity contribution is -0.147. The zero-order chi connectivity index (χ0) is 13.3. The van der Waals surface area contributed by atoms with E-state index in [1.807, 2.05) is 17.9 Å². The van der Waals surface area contributed by atoms with Gasteiger partial charge in [0.05, 0.1) is 11.8 Å². The van der Waals surface area contributed by atoms with E-state index < -0.39 is 0 Å². The van der Waals surface area contributed by atoms with Crippen LogP contribution >= 0.6 is 0 Å².